The lowest BCUT2D eigenvalue weighted by molar-refractivity contribution is -0.123. The van der Waals surface area contributed by atoms with E-state index in [2.05, 4.69) is 23.7 Å². The standard InChI is InChI=1S/C54H108NO6P/c1-3-5-7-9-11-13-15-17-19-21-22-23-24-25-26-27-28-29-30-31-32-33-34-36-38-40-42-44-46-48-50-54(57)55-52(51-61-62(58,59)60)53(56)49-47-45-43-41-39-37-35-20-18-16-14-12-10-8-6-4-2/h47,49,52-53,56H,3-46,48,50-51H2,1-2H3,(H,55,57)(H2,58,59,60)/b49-47+/t52-,53+/m0/s1. The maximum absolute atomic E-state index is 12.7. The van der Waals surface area contributed by atoms with E-state index in [4.69, 9.17) is 0 Å². The summed E-state index contributed by atoms with van der Waals surface area (Å²) in [5.74, 6) is -0.219. The smallest absolute Gasteiger partial charge is 0.387 e. The van der Waals surface area contributed by atoms with Gasteiger partial charge in [-0.3, -0.25) is 9.32 Å². The number of hydrogen-bond donors (Lipinski definition) is 4. The summed E-state index contributed by atoms with van der Waals surface area (Å²) < 4.78 is 16.0. The SMILES string of the molecule is CCCCCCCCCCCCCCCC/C=C/[C@@H](O)[C@H](COP(=O)(O)O)NC(=O)CCCCCCCCCCCCCCCCCCCCCCCCCCCCCCCC. The first-order valence-corrected chi connectivity index (χ1v) is 29.2. The first-order chi connectivity index (χ1) is 30.3. The normalized spacial score (nSPS) is 13.0. The first kappa shape index (κ1) is 61.3. The Morgan fingerprint density at radius 1 is 0.452 bits per heavy atom. The van der Waals surface area contributed by atoms with Crippen LogP contribution in [-0.2, 0) is 13.9 Å². The molecule has 0 spiro atoms. The molecule has 0 saturated carbocycles. The highest BCUT2D eigenvalue weighted by Crippen LogP contribution is 2.36. The topological polar surface area (TPSA) is 116 Å². The molecule has 62 heavy (non-hydrogen) atoms. The van der Waals surface area contributed by atoms with Gasteiger partial charge in [0.15, 0.2) is 0 Å². The van der Waals surface area contributed by atoms with E-state index < -0.39 is 26.6 Å². The van der Waals surface area contributed by atoms with Crippen molar-refractivity contribution in [3.05, 3.63) is 12.2 Å². The van der Waals surface area contributed by atoms with Gasteiger partial charge in [0.25, 0.3) is 0 Å². The number of hydrogen-bond acceptors (Lipinski definition) is 4. The minimum atomic E-state index is -4.72. The Hall–Kier alpha value is -0.720. The Morgan fingerprint density at radius 2 is 0.710 bits per heavy atom. The fourth-order valence-corrected chi connectivity index (χ4v) is 9.17. The highest BCUT2D eigenvalue weighted by Gasteiger charge is 2.24. The number of phosphoric acid groups is 1. The predicted octanol–water partition coefficient (Wildman–Crippen LogP) is 17.5. The fourth-order valence-electron chi connectivity index (χ4n) is 8.82. The Kier molecular flexibility index (Phi) is 49.1. The quantitative estimate of drug-likeness (QED) is 0.0275. The average molecular weight is 898 g/mol. The summed E-state index contributed by atoms with van der Waals surface area (Å²) in [6, 6.07) is -0.906. The van der Waals surface area contributed by atoms with Crippen LogP contribution < -0.4 is 5.32 Å². The van der Waals surface area contributed by atoms with Gasteiger partial charge >= 0.3 is 7.82 Å². The van der Waals surface area contributed by atoms with E-state index in [0.717, 1.165) is 38.5 Å². The van der Waals surface area contributed by atoms with Crippen LogP contribution in [0.15, 0.2) is 12.2 Å². The van der Waals surface area contributed by atoms with E-state index in [1.807, 2.05) is 6.08 Å². The van der Waals surface area contributed by atoms with Gasteiger partial charge in [-0.2, -0.15) is 0 Å². The molecule has 7 nitrogen and oxygen atoms in total. The van der Waals surface area contributed by atoms with Gasteiger partial charge in [-0.1, -0.05) is 296 Å². The lowest BCUT2D eigenvalue weighted by Gasteiger charge is -2.22. The molecule has 0 saturated heterocycles. The number of unbranched alkanes of at least 4 members (excludes halogenated alkanes) is 43. The molecule has 4 N–H and O–H groups in total. The van der Waals surface area contributed by atoms with Crippen LogP contribution in [0.2, 0.25) is 0 Å². The summed E-state index contributed by atoms with van der Waals surface area (Å²) >= 11 is 0. The molecule has 0 aliphatic carbocycles. The van der Waals surface area contributed by atoms with E-state index in [9.17, 15) is 24.3 Å². The molecule has 1 amide bonds. The minimum absolute atomic E-state index is 0.219. The second-order valence-electron chi connectivity index (χ2n) is 19.3. The number of allylic oxidation sites excluding steroid dienone is 1. The monoisotopic (exact) mass is 898 g/mol. The van der Waals surface area contributed by atoms with Gasteiger partial charge in [0.1, 0.15) is 0 Å². The maximum atomic E-state index is 12.7. The summed E-state index contributed by atoms with van der Waals surface area (Å²) in [5, 5.41) is 13.5. The van der Waals surface area contributed by atoms with Crippen molar-refractivity contribution < 1.29 is 28.8 Å². The number of amides is 1. The molecule has 0 radical (unpaired) electrons. The van der Waals surface area contributed by atoms with Gasteiger partial charge in [-0.15, -0.1) is 0 Å². The number of aliphatic hydroxyl groups excluding tert-OH is 1. The molecule has 0 aromatic carbocycles. The molecular formula is C54H108NO6P. The van der Waals surface area contributed by atoms with Crippen molar-refractivity contribution in [1.29, 1.82) is 0 Å². The Morgan fingerprint density at radius 3 is 0.984 bits per heavy atom. The summed E-state index contributed by atoms with van der Waals surface area (Å²) in [5.41, 5.74) is 0. The fraction of sp³-hybridized carbons (Fsp3) is 0.944. The van der Waals surface area contributed by atoms with E-state index in [1.165, 1.54) is 250 Å². The van der Waals surface area contributed by atoms with Crippen molar-refractivity contribution in [3.8, 4) is 0 Å². The largest absolute Gasteiger partial charge is 0.469 e. The number of nitrogens with one attached hydrogen (secondary N) is 1. The number of rotatable bonds is 52. The highest BCUT2D eigenvalue weighted by molar-refractivity contribution is 7.46. The summed E-state index contributed by atoms with van der Waals surface area (Å²) in [7, 11) is -4.72. The second-order valence-corrected chi connectivity index (χ2v) is 20.5. The van der Waals surface area contributed by atoms with Crippen molar-refractivity contribution in [3.63, 3.8) is 0 Å². The van der Waals surface area contributed by atoms with E-state index >= 15 is 0 Å². The van der Waals surface area contributed by atoms with E-state index in [0.29, 0.717) is 6.42 Å². The van der Waals surface area contributed by atoms with Crippen molar-refractivity contribution in [2.45, 2.75) is 321 Å². The Labute approximate surface area is 386 Å². The summed E-state index contributed by atoms with van der Waals surface area (Å²) in [4.78, 5) is 31.1. The molecule has 2 atom stereocenters. The summed E-state index contributed by atoms with van der Waals surface area (Å²) in [6.45, 7) is 4.12. The van der Waals surface area contributed by atoms with Crippen LogP contribution in [-0.4, -0.2) is 39.6 Å². The van der Waals surface area contributed by atoms with Crippen molar-refractivity contribution in [2.24, 2.45) is 0 Å². The van der Waals surface area contributed by atoms with Crippen LogP contribution >= 0.6 is 7.82 Å². The van der Waals surface area contributed by atoms with Gasteiger partial charge in [0.2, 0.25) is 5.91 Å². The number of carbonyl (C=O) groups is 1. The van der Waals surface area contributed by atoms with Gasteiger partial charge in [0.05, 0.1) is 18.8 Å². The van der Waals surface area contributed by atoms with Gasteiger partial charge < -0.3 is 20.2 Å². The molecule has 0 bridgehead atoms. The van der Waals surface area contributed by atoms with Crippen LogP contribution in [0, 0.1) is 0 Å². The van der Waals surface area contributed by atoms with Gasteiger partial charge in [-0.25, -0.2) is 4.57 Å². The molecule has 370 valence electrons. The zero-order valence-corrected chi connectivity index (χ0v) is 42.5. The lowest BCUT2D eigenvalue weighted by atomic mass is 10.0. The van der Waals surface area contributed by atoms with Crippen LogP contribution in [0.5, 0.6) is 0 Å². The third-order valence-corrected chi connectivity index (χ3v) is 13.5. The molecular weight excluding hydrogens is 790 g/mol. The predicted molar refractivity (Wildman–Crippen MR) is 269 cm³/mol. The average Bonchev–Trinajstić information content (AvgIpc) is 3.25. The van der Waals surface area contributed by atoms with E-state index in [1.54, 1.807) is 6.08 Å². The Bertz CT molecular complexity index is 973. The molecule has 0 fully saturated rings. The maximum Gasteiger partial charge on any atom is 0.469 e. The third-order valence-electron chi connectivity index (χ3n) is 13.0. The number of phosphoric ester groups is 1. The van der Waals surface area contributed by atoms with Crippen molar-refractivity contribution >= 4 is 13.7 Å². The van der Waals surface area contributed by atoms with Crippen molar-refractivity contribution in [2.75, 3.05) is 6.61 Å². The number of carbonyl (C=O) groups excluding carboxylic acids is 1. The molecule has 0 aliphatic rings. The zero-order valence-electron chi connectivity index (χ0n) is 41.6. The van der Waals surface area contributed by atoms with E-state index in [-0.39, 0.29) is 5.91 Å². The highest BCUT2D eigenvalue weighted by atomic mass is 31.2. The molecule has 0 rings (SSSR count). The van der Waals surface area contributed by atoms with Crippen LogP contribution in [0.3, 0.4) is 0 Å². The molecule has 8 heteroatoms. The minimum Gasteiger partial charge on any atom is -0.387 e. The Balaban J connectivity index is 3.70. The molecule has 0 heterocycles. The first-order valence-electron chi connectivity index (χ1n) is 27.6. The second kappa shape index (κ2) is 49.7. The van der Waals surface area contributed by atoms with Crippen LogP contribution in [0.1, 0.15) is 309 Å². The van der Waals surface area contributed by atoms with Crippen molar-refractivity contribution in [1.82, 2.24) is 5.32 Å². The molecule has 0 unspecified atom stereocenters. The third kappa shape index (κ3) is 50.3. The van der Waals surface area contributed by atoms with Crippen LogP contribution in [0.25, 0.3) is 0 Å². The zero-order chi connectivity index (χ0) is 45.3. The molecule has 0 aliphatic heterocycles. The van der Waals surface area contributed by atoms with Crippen LogP contribution in [0.4, 0.5) is 0 Å². The van der Waals surface area contributed by atoms with Gasteiger partial charge in [0, 0.05) is 6.42 Å². The van der Waals surface area contributed by atoms with Gasteiger partial charge in [-0.05, 0) is 19.3 Å². The number of aliphatic hydroxyl groups is 1. The lowest BCUT2D eigenvalue weighted by Crippen LogP contribution is -2.45. The molecule has 0 aromatic heterocycles. The summed E-state index contributed by atoms with van der Waals surface area (Å²) in [6.07, 6.45) is 62.8. The molecule has 0 aromatic rings.